The average molecular weight is 307 g/mol. The fraction of sp³-hybridized carbons (Fsp3) is 0.167. The Balaban J connectivity index is 2.24. The number of amides is 1. The van der Waals surface area contributed by atoms with Crippen molar-refractivity contribution in [3.05, 3.63) is 46.0 Å². The van der Waals surface area contributed by atoms with Crippen LogP contribution in [0.25, 0.3) is 0 Å². The van der Waals surface area contributed by atoms with Gasteiger partial charge < -0.3 is 0 Å². The van der Waals surface area contributed by atoms with Crippen LogP contribution in [0.1, 0.15) is 21.7 Å². The Hall–Kier alpha value is -1.82. The Labute approximate surface area is 113 Å². The highest BCUT2D eigenvalue weighted by Gasteiger charge is 2.12. The highest BCUT2D eigenvalue weighted by molar-refractivity contribution is 9.10. The summed E-state index contributed by atoms with van der Waals surface area (Å²) in [6.07, 6.45) is 1.61. The lowest BCUT2D eigenvalue weighted by Gasteiger charge is -2.06. The van der Waals surface area contributed by atoms with Gasteiger partial charge in [0.2, 0.25) is 5.95 Å². The molecule has 0 saturated heterocycles. The lowest BCUT2D eigenvalue weighted by atomic mass is 10.3. The molecule has 0 aliphatic rings. The molecule has 5 nitrogen and oxygen atoms in total. The maximum absolute atomic E-state index is 12.0. The molecule has 1 amide bonds. The number of nitrogens with one attached hydrogen (secondary N) is 1. The van der Waals surface area contributed by atoms with Crippen LogP contribution in [-0.4, -0.2) is 20.9 Å². The van der Waals surface area contributed by atoms with Gasteiger partial charge >= 0.3 is 0 Å². The number of hydrogen-bond donors (Lipinski definition) is 1. The van der Waals surface area contributed by atoms with Crippen LogP contribution in [0.5, 0.6) is 0 Å². The molecule has 2 aromatic heterocycles. The Morgan fingerprint density at radius 1 is 1.28 bits per heavy atom. The van der Waals surface area contributed by atoms with Gasteiger partial charge in [0.1, 0.15) is 4.60 Å². The number of carbonyl (C=O) groups is 1. The van der Waals surface area contributed by atoms with Crippen molar-refractivity contribution in [1.82, 2.24) is 15.0 Å². The third-order valence-electron chi connectivity index (χ3n) is 2.21. The summed E-state index contributed by atoms with van der Waals surface area (Å²) in [7, 11) is 0. The van der Waals surface area contributed by atoms with Crippen LogP contribution in [0.4, 0.5) is 5.95 Å². The fourth-order valence-electron chi connectivity index (χ4n) is 1.51. The number of aryl methyl sites for hydroxylation is 2. The number of pyridine rings is 1. The highest BCUT2D eigenvalue weighted by atomic mass is 79.9. The van der Waals surface area contributed by atoms with Gasteiger partial charge in [-0.1, -0.05) is 0 Å². The predicted molar refractivity (Wildman–Crippen MR) is 71.4 cm³/mol. The van der Waals surface area contributed by atoms with Crippen molar-refractivity contribution in [2.45, 2.75) is 13.8 Å². The third kappa shape index (κ3) is 2.89. The quantitative estimate of drug-likeness (QED) is 0.866. The summed E-state index contributed by atoms with van der Waals surface area (Å²) in [5.41, 5.74) is 2.06. The van der Waals surface area contributed by atoms with Crippen molar-refractivity contribution >= 4 is 27.8 Å². The van der Waals surface area contributed by atoms with E-state index in [4.69, 9.17) is 0 Å². The summed E-state index contributed by atoms with van der Waals surface area (Å²) in [6, 6.07) is 5.22. The van der Waals surface area contributed by atoms with E-state index in [9.17, 15) is 4.79 Å². The van der Waals surface area contributed by atoms with Crippen molar-refractivity contribution in [3.8, 4) is 0 Å². The average Bonchev–Trinajstić information content (AvgIpc) is 2.27. The van der Waals surface area contributed by atoms with Crippen LogP contribution in [-0.2, 0) is 0 Å². The van der Waals surface area contributed by atoms with Crippen LogP contribution in [0.2, 0.25) is 0 Å². The van der Waals surface area contributed by atoms with E-state index >= 15 is 0 Å². The Bertz CT molecular complexity index is 580. The van der Waals surface area contributed by atoms with Gasteiger partial charge in [0.15, 0.2) is 0 Å². The number of halogens is 1. The number of carbonyl (C=O) groups excluding carboxylic acids is 1. The smallest absolute Gasteiger partial charge is 0.260 e. The van der Waals surface area contributed by atoms with Gasteiger partial charge in [-0.3, -0.25) is 10.1 Å². The van der Waals surface area contributed by atoms with Crippen molar-refractivity contribution in [1.29, 1.82) is 0 Å². The SMILES string of the molecule is Cc1cc(C)nc(NC(=O)c2cccnc2Br)n1. The summed E-state index contributed by atoms with van der Waals surface area (Å²) in [5, 5.41) is 2.65. The monoisotopic (exact) mass is 306 g/mol. The summed E-state index contributed by atoms with van der Waals surface area (Å²) >= 11 is 3.23. The lowest BCUT2D eigenvalue weighted by molar-refractivity contribution is 0.102. The molecule has 2 aromatic rings. The molecule has 0 saturated carbocycles. The molecular weight excluding hydrogens is 296 g/mol. The molecule has 6 heteroatoms. The van der Waals surface area contributed by atoms with Crippen molar-refractivity contribution in [2.75, 3.05) is 5.32 Å². The van der Waals surface area contributed by atoms with Crippen LogP contribution in [0.3, 0.4) is 0 Å². The largest absolute Gasteiger partial charge is 0.290 e. The summed E-state index contributed by atoms with van der Waals surface area (Å²) in [6.45, 7) is 3.70. The second kappa shape index (κ2) is 5.22. The Morgan fingerprint density at radius 2 is 1.94 bits per heavy atom. The predicted octanol–water partition coefficient (Wildman–Crippen LogP) is 2.50. The van der Waals surface area contributed by atoms with Gasteiger partial charge in [0.05, 0.1) is 5.56 Å². The number of aromatic nitrogens is 3. The normalized spacial score (nSPS) is 10.2. The zero-order valence-corrected chi connectivity index (χ0v) is 11.5. The Kier molecular flexibility index (Phi) is 3.66. The molecule has 2 rings (SSSR count). The maximum Gasteiger partial charge on any atom is 0.260 e. The number of anilines is 1. The minimum absolute atomic E-state index is 0.292. The Morgan fingerprint density at radius 3 is 2.56 bits per heavy atom. The molecule has 1 N–H and O–H groups in total. The van der Waals surface area contributed by atoms with Gasteiger partial charge in [0.25, 0.3) is 5.91 Å². The molecule has 0 spiro atoms. The molecule has 18 heavy (non-hydrogen) atoms. The lowest BCUT2D eigenvalue weighted by Crippen LogP contribution is -2.15. The summed E-state index contributed by atoms with van der Waals surface area (Å²) in [5.74, 6) is 0.00762. The van der Waals surface area contributed by atoms with E-state index in [2.05, 4.69) is 36.2 Å². The molecule has 0 unspecified atom stereocenters. The van der Waals surface area contributed by atoms with Gasteiger partial charge in [0, 0.05) is 17.6 Å². The second-order valence-corrected chi connectivity index (χ2v) is 4.52. The van der Waals surface area contributed by atoms with Gasteiger partial charge in [-0.15, -0.1) is 0 Å². The molecule has 0 aliphatic carbocycles. The number of hydrogen-bond acceptors (Lipinski definition) is 4. The minimum atomic E-state index is -0.292. The number of rotatable bonds is 2. The molecule has 0 aliphatic heterocycles. The van der Waals surface area contributed by atoms with E-state index in [1.165, 1.54) is 0 Å². The van der Waals surface area contributed by atoms with Gasteiger partial charge in [-0.05, 0) is 48.0 Å². The molecule has 0 radical (unpaired) electrons. The number of nitrogens with zero attached hydrogens (tertiary/aromatic N) is 3. The maximum atomic E-state index is 12.0. The van der Waals surface area contributed by atoms with E-state index in [1.54, 1.807) is 18.3 Å². The zero-order valence-electron chi connectivity index (χ0n) is 9.94. The molecule has 2 heterocycles. The highest BCUT2D eigenvalue weighted by Crippen LogP contribution is 2.14. The van der Waals surface area contributed by atoms with E-state index in [1.807, 2.05) is 19.9 Å². The van der Waals surface area contributed by atoms with Crippen molar-refractivity contribution < 1.29 is 4.79 Å². The topological polar surface area (TPSA) is 67.8 Å². The summed E-state index contributed by atoms with van der Waals surface area (Å²) < 4.78 is 0.492. The van der Waals surface area contributed by atoms with Crippen LogP contribution < -0.4 is 5.32 Å². The molecule has 92 valence electrons. The first kappa shape index (κ1) is 12.6. The molecule has 0 bridgehead atoms. The first-order valence-electron chi connectivity index (χ1n) is 5.30. The first-order chi connectivity index (χ1) is 8.56. The molecular formula is C12H11BrN4O. The standard InChI is InChI=1S/C12H11BrN4O/c1-7-6-8(2)16-12(15-7)17-11(18)9-4-3-5-14-10(9)13/h3-6H,1-2H3,(H,15,16,17,18). The van der Waals surface area contributed by atoms with Crippen molar-refractivity contribution in [3.63, 3.8) is 0 Å². The van der Waals surface area contributed by atoms with E-state index in [0.717, 1.165) is 11.4 Å². The van der Waals surface area contributed by atoms with Gasteiger partial charge in [-0.2, -0.15) is 0 Å². The molecule has 0 aromatic carbocycles. The van der Waals surface area contributed by atoms with E-state index < -0.39 is 0 Å². The molecule has 0 fully saturated rings. The van der Waals surface area contributed by atoms with Crippen LogP contribution >= 0.6 is 15.9 Å². The van der Waals surface area contributed by atoms with Gasteiger partial charge in [-0.25, -0.2) is 15.0 Å². The fourth-order valence-corrected chi connectivity index (χ4v) is 1.94. The third-order valence-corrected chi connectivity index (χ3v) is 2.84. The van der Waals surface area contributed by atoms with E-state index in [-0.39, 0.29) is 5.91 Å². The minimum Gasteiger partial charge on any atom is -0.290 e. The first-order valence-corrected chi connectivity index (χ1v) is 6.10. The summed E-state index contributed by atoms with van der Waals surface area (Å²) in [4.78, 5) is 24.3. The zero-order chi connectivity index (χ0) is 13.1. The van der Waals surface area contributed by atoms with Crippen LogP contribution in [0, 0.1) is 13.8 Å². The van der Waals surface area contributed by atoms with Crippen molar-refractivity contribution in [2.24, 2.45) is 0 Å². The van der Waals surface area contributed by atoms with Crippen LogP contribution in [0.15, 0.2) is 29.0 Å². The molecule has 0 atom stereocenters. The van der Waals surface area contributed by atoms with E-state index in [0.29, 0.717) is 16.1 Å². The second-order valence-electron chi connectivity index (χ2n) is 3.77.